The third-order valence-corrected chi connectivity index (χ3v) is 3.61. The number of hydrogen-bond acceptors (Lipinski definition) is 6. The molecule has 0 bridgehead atoms. The molecule has 0 saturated carbocycles. The van der Waals surface area contributed by atoms with Gasteiger partial charge >= 0.3 is 0 Å². The lowest BCUT2D eigenvalue weighted by atomic mass is 10.1. The van der Waals surface area contributed by atoms with Gasteiger partial charge in [-0.1, -0.05) is 0 Å². The van der Waals surface area contributed by atoms with Crippen LogP contribution in [0.3, 0.4) is 0 Å². The maximum Gasteiger partial charge on any atom is 0.205 e. The summed E-state index contributed by atoms with van der Waals surface area (Å²) in [5, 5.41) is 3.28. The average molecular weight is 347 g/mol. The van der Waals surface area contributed by atoms with Crippen molar-refractivity contribution in [2.75, 3.05) is 26.6 Å². The zero-order valence-corrected chi connectivity index (χ0v) is 13.8. The molecular formula is C17H15F2N3O3. The summed E-state index contributed by atoms with van der Waals surface area (Å²) in [5.41, 5.74) is 0.392. The summed E-state index contributed by atoms with van der Waals surface area (Å²) in [6.07, 6.45) is 1.29. The van der Waals surface area contributed by atoms with Crippen LogP contribution in [-0.2, 0) is 0 Å². The smallest absolute Gasteiger partial charge is 0.205 e. The predicted octanol–water partition coefficient (Wildman–Crippen LogP) is 3.68. The average Bonchev–Trinajstić information content (AvgIpc) is 2.63. The van der Waals surface area contributed by atoms with E-state index in [4.69, 9.17) is 14.2 Å². The summed E-state index contributed by atoms with van der Waals surface area (Å²) in [6.45, 7) is 0. The molecule has 130 valence electrons. The Balaban J connectivity index is 2.21. The Morgan fingerprint density at radius 2 is 1.68 bits per heavy atom. The van der Waals surface area contributed by atoms with Crippen molar-refractivity contribution in [3.63, 3.8) is 0 Å². The van der Waals surface area contributed by atoms with E-state index in [0.717, 1.165) is 18.2 Å². The first-order valence-corrected chi connectivity index (χ1v) is 7.24. The van der Waals surface area contributed by atoms with Crippen LogP contribution in [0.2, 0.25) is 0 Å². The Morgan fingerprint density at radius 1 is 0.920 bits per heavy atom. The van der Waals surface area contributed by atoms with Crippen LogP contribution in [0.15, 0.2) is 30.6 Å². The van der Waals surface area contributed by atoms with Gasteiger partial charge in [-0.05, 0) is 18.2 Å². The second kappa shape index (κ2) is 6.76. The number of aromatic nitrogens is 2. The highest BCUT2D eigenvalue weighted by molar-refractivity contribution is 5.97. The fraction of sp³-hybridized carbons (Fsp3) is 0.176. The third-order valence-electron chi connectivity index (χ3n) is 3.61. The number of rotatable bonds is 5. The molecule has 3 aromatic rings. The van der Waals surface area contributed by atoms with Crippen LogP contribution in [0.25, 0.3) is 10.9 Å². The fourth-order valence-corrected chi connectivity index (χ4v) is 2.48. The molecule has 1 aromatic heterocycles. The van der Waals surface area contributed by atoms with Gasteiger partial charge in [0.1, 0.15) is 29.3 Å². The van der Waals surface area contributed by atoms with Crippen LogP contribution in [0.1, 0.15) is 0 Å². The second-order valence-electron chi connectivity index (χ2n) is 5.01. The Bertz CT molecular complexity index is 935. The van der Waals surface area contributed by atoms with Gasteiger partial charge in [0.05, 0.1) is 32.4 Å². The molecule has 0 radical (unpaired) electrons. The number of benzene rings is 2. The number of ether oxygens (including phenoxy) is 3. The van der Waals surface area contributed by atoms with E-state index >= 15 is 0 Å². The normalized spacial score (nSPS) is 10.6. The van der Waals surface area contributed by atoms with E-state index in [2.05, 4.69) is 15.3 Å². The van der Waals surface area contributed by atoms with Gasteiger partial charge in [-0.2, -0.15) is 0 Å². The van der Waals surface area contributed by atoms with Crippen LogP contribution < -0.4 is 19.5 Å². The number of halogens is 2. The molecule has 0 fully saturated rings. The lowest BCUT2D eigenvalue weighted by molar-refractivity contribution is 0.327. The van der Waals surface area contributed by atoms with E-state index in [1.807, 2.05) is 0 Å². The van der Waals surface area contributed by atoms with Gasteiger partial charge in [0, 0.05) is 6.07 Å². The quantitative estimate of drug-likeness (QED) is 0.760. The monoisotopic (exact) mass is 347 g/mol. The molecule has 8 heteroatoms. The molecule has 3 rings (SSSR count). The molecular weight excluding hydrogens is 332 g/mol. The summed E-state index contributed by atoms with van der Waals surface area (Å²) in [6, 6.07) is 4.75. The number of nitrogens with zero attached hydrogens (tertiary/aromatic N) is 2. The van der Waals surface area contributed by atoms with Crippen molar-refractivity contribution < 1.29 is 23.0 Å². The molecule has 0 amide bonds. The first-order chi connectivity index (χ1) is 12.1. The molecule has 0 aliphatic heterocycles. The van der Waals surface area contributed by atoms with Crippen molar-refractivity contribution in [3.05, 3.63) is 42.2 Å². The highest BCUT2D eigenvalue weighted by Gasteiger charge is 2.19. The highest BCUT2D eigenvalue weighted by atomic mass is 19.1. The first-order valence-electron chi connectivity index (χ1n) is 7.24. The van der Waals surface area contributed by atoms with Crippen molar-refractivity contribution in [2.45, 2.75) is 0 Å². The highest BCUT2D eigenvalue weighted by Crippen LogP contribution is 2.44. The van der Waals surface area contributed by atoms with Crippen LogP contribution in [0.4, 0.5) is 20.3 Å². The third kappa shape index (κ3) is 2.98. The minimum absolute atomic E-state index is 0.0475. The number of anilines is 2. The van der Waals surface area contributed by atoms with Gasteiger partial charge in [0.25, 0.3) is 0 Å². The molecule has 0 atom stereocenters. The first kappa shape index (κ1) is 16.7. The molecule has 6 nitrogen and oxygen atoms in total. The molecule has 25 heavy (non-hydrogen) atoms. The minimum atomic E-state index is -0.611. The summed E-state index contributed by atoms with van der Waals surface area (Å²) < 4.78 is 43.3. The number of methoxy groups -OCH3 is 3. The largest absolute Gasteiger partial charge is 0.493 e. The standard InChI is InChI=1S/C17H15F2N3O3/c1-23-13-7-10-14(16(25-3)15(13)24-2)20-8-21-17(10)22-12-6-9(18)4-5-11(12)19/h4-8H,1-3H3,(H,20,21,22). The Labute approximate surface area is 142 Å². The van der Waals surface area contributed by atoms with Crippen LogP contribution in [0, 0.1) is 11.6 Å². The van der Waals surface area contributed by atoms with Crippen molar-refractivity contribution in [3.8, 4) is 17.2 Å². The number of hydrogen-bond donors (Lipinski definition) is 1. The van der Waals surface area contributed by atoms with Crippen molar-refractivity contribution in [1.29, 1.82) is 0 Å². The lowest BCUT2D eigenvalue weighted by Crippen LogP contribution is -2.02. The number of nitrogens with one attached hydrogen (secondary N) is 1. The van der Waals surface area contributed by atoms with Crippen molar-refractivity contribution >= 4 is 22.4 Å². The van der Waals surface area contributed by atoms with Gasteiger partial charge in [0.2, 0.25) is 5.75 Å². The van der Waals surface area contributed by atoms with Crippen LogP contribution in [0.5, 0.6) is 17.2 Å². The van der Waals surface area contributed by atoms with Crippen LogP contribution in [-0.4, -0.2) is 31.3 Å². The summed E-state index contributed by atoms with van der Waals surface area (Å²) in [5.74, 6) is 0.207. The lowest BCUT2D eigenvalue weighted by Gasteiger charge is -2.16. The fourth-order valence-electron chi connectivity index (χ4n) is 2.48. The number of fused-ring (bicyclic) bond motifs is 1. The summed E-state index contributed by atoms with van der Waals surface area (Å²) >= 11 is 0. The van der Waals surface area contributed by atoms with E-state index in [1.54, 1.807) is 6.07 Å². The molecule has 0 spiro atoms. The van der Waals surface area contributed by atoms with E-state index in [-0.39, 0.29) is 11.5 Å². The van der Waals surface area contributed by atoms with Crippen LogP contribution >= 0.6 is 0 Å². The topological polar surface area (TPSA) is 65.5 Å². The van der Waals surface area contributed by atoms with Gasteiger partial charge < -0.3 is 19.5 Å². The van der Waals surface area contributed by atoms with Crippen molar-refractivity contribution in [2.24, 2.45) is 0 Å². The summed E-state index contributed by atoms with van der Waals surface area (Å²) in [4.78, 5) is 8.31. The molecule has 1 heterocycles. The molecule has 0 aliphatic rings. The van der Waals surface area contributed by atoms with Crippen molar-refractivity contribution in [1.82, 2.24) is 9.97 Å². The van der Waals surface area contributed by atoms with Gasteiger partial charge in [-0.25, -0.2) is 18.7 Å². The Morgan fingerprint density at radius 3 is 2.36 bits per heavy atom. The Kier molecular flexibility index (Phi) is 4.51. The zero-order chi connectivity index (χ0) is 18.0. The van der Waals surface area contributed by atoms with Gasteiger partial charge in [-0.3, -0.25) is 0 Å². The maximum atomic E-state index is 13.9. The van der Waals surface area contributed by atoms with E-state index in [0.29, 0.717) is 28.2 Å². The molecule has 0 saturated heterocycles. The van der Waals surface area contributed by atoms with E-state index in [1.165, 1.54) is 27.7 Å². The molecule has 2 aromatic carbocycles. The summed E-state index contributed by atoms with van der Waals surface area (Å²) in [7, 11) is 4.43. The predicted molar refractivity (Wildman–Crippen MR) is 88.8 cm³/mol. The second-order valence-corrected chi connectivity index (χ2v) is 5.01. The van der Waals surface area contributed by atoms with E-state index < -0.39 is 11.6 Å². The zero-order valence-electron chi connectivity index (χ0n) is 13.8. The molecule has 0 aliphatic carbocycles. The van der Waals surface area contributed by atoms with Gasteiger partial charge in [0.15, 0.2) is 11.5 Å². The molecule has 1 N–H and O–H groups in total. The minimum Gasteiger partial charge on any atom is -0.493 e. The SMILES string of the molecule is COc1cc2c(Nc3cc(F)ccc3F)ncnc2c(OC)c1OC. The van der Waals surface area contributed by atoms with Gasteiger partial charge in [-0.15, -0.1) is 0 Å². The molecule has 0 unspecified atom stereocenters. The van der Waals surface area contributed by atoms with E-state index in [9.17, 15) is 8.78 Å². The Hall–Kier alpha value is -3.16. The maximum absolute atomic E-state index is 13.9.